The number of nitrogens with zero attached hydrogens (tertiary/aromatic N) is 2. The lowest BCUT2D eigenvalue weighted by Crippen LogP contribution is -2.59. The molecule has 0 aliphatic carbocycles. The molecule has 4 nitrogen and oxygen atoms in total. The minimum atomic E-state index is -2.53. The van der Waals surface area contributed by atoms with E-state index in [4.69, 9.17) is 18.1 Å². The predicted molar refractivity (Wildman–Crippen MR) is 228 cm³/mol. The third-order valence-corrected chi connectivity index (χ3v) is 10.9. The van der Waals surface area contributed by atoms with E-state index in [1.165, 1.54) is 0 Å². The molecule has 5 heteroatoms. The van der Waals surface area contributed by atoms with Gasteiger partial charge in [-0.3, -0.25) is 0 Å². The first kappa shape index (κ1) is 21.9. The van der Waals surface area contributed by atoms with E-state index in [2.05, 4.69) is 78.0 Å². The highest BCUT2D eigenvalue weighted by atomic mass is 16.4. The van der Waals surface area contributed by atoms with Crippen LogP contribution in [0, 0.1) is 6.85 Å². The summed E-state index contributed by atoms with van der Waals surface area (Å²) >= 11 is 0. The van der Waals surface area contributed by atoms with Gasteiger partial charge in [0.1, 0.15) is 5.76 Å². The first-order chi connectivity index (χ1) is 30.9. The maximum absolute atomic E-state index is 9.92. The van der Waals surface area contributed by atoms with Gasteiger partial charge in [-0.05, 0) is 105 Å². The van der Waals surface area contributed by atoms with Crippen molar-refractivity contribution in [3.05, 3.63) is 163 Å². The molecule has 0 spiro atoms. The Morgan fingerprint density at radius 2 is 1.43 bits per heavy atom. The van der Waals surface area contributed by atoms with Crippen LogP contribution in [-0.2, 0) is 5.41 Å². The van der Waals surface area contributed by atoms with Gasteiger partial charge in [-0.1, -0.05) is 118 Å². The van der Waals surface area contributed by atoms with Gasteiger partial charge >= 0.3 is 0 Å². The average Bonchev–Trinajstić information content (AvgIpc) is 3.79. The maximum atomic E-state index is 9.92. The Morgan fingerprint density at radius 1 is 0.704 bits per heavy atom. The van der Waals surface area contributed by atoms with Crippen molar-refractivity contribution in [3.8, 4) is 17.0 Å². The Labute approximate surface area is 330 Å². The van der Waals surface area contributed by atoms with Crippen LogP contribution in [-0.4, -0.2) is 11.3 Å². The van der Waals surface area contributed by atoms with Crippen molar-refractivity contribution in [3.63, 3.8) is 0 Å². The lowest BCUT2D eigenvalue weighted by molar-refractivity contribution is 0.590. The van der Waals surface area contributed by atoms with Crippen LogP contribution in [0.15, 0.2) is 156 Å². The van der Waals surface area contributed by atoms with E-state index in [0.29, 0.717) is 22.3 Å². The lowest BCUT2D eigenvalue weighted by Gasteiger charge is -2.40. The van der Waals surface area contributed by atoms with Gasteiger partial charge in [0.05, 0.1) is 22.0 Å². The minimum Gasteiger partial charge on any atom is -0.441 e. The molecule has 0 amide bonds. The molecular formula is C49H38BN3O. The fourth-order valence-electron chi connectivity index (χ4n) is 8.39. The van der Waals surface area contributed by atoms with Crippen molar-refractivity contribution in [2.45, 2.75) is 33.0 Å². The van der Waals surface area contributed by atoms with E-state index in [-0.39, 0.29) is 45.0 Å². The summed E-state index contributed by atoms with van der Waals surface area (Å²) in [7, 11) is 0. The minimum absolute atomic E-state index is 0.0671. The number of nitrogens with one attached hydrogen (secondary N) is 1. The first-order valence-corrected chi connectivity index (χ1v) is 18.0. The number of rotatable bonds is 3. The molecule has 0 unspecified atom stereocenters. The number of benzene rings is 7. The summed E-state index contributed by atoms with van der Waals surface area (Å²) in [6.07, 6.45) is 0. The molecule has 1 N–H and O–H groups in total. The summed E-state index contributed by atoms with van der Waals surface area (Å²) in [5.74, 6) is -0.128. The molecule has 258 valence electrons. The molecule has 0 saturated heterocycles. The lowest BCUT2D eigenvalue weighted by atomic mass is 9.34. The van der Waals surface area contributed by atoms with E-state index in [0.717, 1.165) is 49.9 Å². The van der Waals surface area contributed by atoms with Crippen LogP contribution in [0.4, 0.5) is 28.6 Å². The van der Waals surface area contributed by atoms with Crippen molar-refractivity contribution >= 4 is 84.3 Å². The molecule has 0 saturated carbocycles. The van der Waals surface area contributed by atoms with Gasteiger partial charge in [-0.2, -0.15) is 0 Å². The number of para-hydroxylation sites is 2. The van der Waals surface area contributed by atoms with Crippen LogP contribution in [0.5, 0.6) is 0 Å². The van der Waals surface area contributed by atoms with Crippen LogP contribution in [0.25, 0.3) is 49.6 Å². The molecule has 2 aromatic heterocycles. The highest BCUT2D eigenvalue weighted by molar-refractivity contribution is 7.00. The van der Waals surface area contributed by atoms with Crippen molar-refractivity contribution in [1.82, 2.24) is 4.57 Å². The van der Waals surface area contributed by atoms with Crippen LogP contribution in [0.3, 0.4) is 0 Å². The maximum Gasteiger partial charge on any atom is 0.256 e. The average molecular weight is 707 g/mol. The summed E-state index contributed by atoms with van der Waals surface area (Å²) in [5, 5.41) is 5.02. The zero-order valence-corrected chi connectivity index (χ0v) is 29.7. The van der Waals surface area contributed by atoms with Gasteiger partial charge in [-0.15, -0.1) is 0 Å². The fraction of sp³-hybridized carbons (Fsp3) is 0.102. The normalized spacial score (nSPS) is 16.4. The number of aryl methyl sites for hydroxylation is 1. The van der Waals surface area contributed by atoms with E-state index >= 15 is 0 Å². The molecular weight excluding hydrogens is 657 g/mol. The Morgan fingerprint density at radius 3 is 2.19 bits per heavy atom. The largest absolute Gasteiger partial charge is 0.441 e. The molecule has 0 fully saturated rings. The Hall–Kier alpha value is -6.46. The molecule has 54 heavy (non-hydrogen) atoms. The second kappa shape index (κ2) is 11.3. The van der Waals surface area contributed by atoms with Crippen LogP contribution in [0.1, 0.15) is 47.0 Å². The third kappa shape index (κ3) is 4.51. The van der Waals surface area contributed by atoms with Gasteiger partial charge in [-0.25, -0.2) is 0 Å². The zero-order chi connectivity index (χ0) is 45.8. The standard InChI is InChI=1S/C49H38BN3O/c1-30-26-41-47-45(27-30)52(33-22-20-32(21-23-33)49(2,3)4)44-28-34(53-42-18-9-7-15-36(42)37-16-8-10-19-43(37)53)24-25-39(44)50(47)40-29-46(54-48(40)51-41)38-17-11-13-31-12-5-6-14-35(31)38/h5-29,51H,1-4H3/i1D3,5D,6D,11D,12D,13D,14D,17D,29D. The molecule has 0 atom stereocenters. The molecule has 0 radical (unpaired) electrons. The highest BCUT2D eigenvalue weighted by Crippen LogP contribution is 2.43. The number of furan rings is 1. The van der Waals surface area contributed by atoms with E-state index in [1.54, 1.807) is 12.1 Å². The molecule has 7 aromatic carbocycles. The number of fused-ring (bicyclic) bond motifs is 8. The number of anilines is 5. The van der Waals surface area contributed by atoms with Crippen LogP contribution in [0.2, 0.25) is 0 Å². The van der Waals surface area contributed by atoms with Crippen molar-refractivity contribution in [1.29, 1.82) is 0 Å². The van der Waals surface area contributed by atoms with E-state index in [1.807, 2.05) is 48.5 Å². The Bertz CT molecular complexity index is 3490. The molecule has 0 bridgehead atoms. The topological polar surface area (TPSA) is 33.3 Å². The van der Waals surface area contributed by atoms with E-state index in [9.17, 15) is 1.37 Å². The van der Waals surface area contributed by atoms with Crippen LogP contribution < -0.4 is 26.6 Å². The summed E-state index contributed by atoms with van der Waals surface area (Å²) in [6, 6.07) is 30.0. The second-order valence-electron chi connectivity index (χ2n) is 15.1. The van der Waals surface area contributed by atoms with Gasteiger partial charge < -0.3 is 19.2 Å². The Kier molecular flexibility index (Phi) is 4.58. The zero-order valence-electron chi connectivity index (χ0n) is 40.7. The van der Waals surface area contributed by atoms with Gasteiger partial charge in [0.15, 0.2) is 5.88 Å². The number of hydrogen-bond acceptors (Lipinski definition) is 3. The molecule has 2 aliphatic heterocycles. The fourth-order valence-corrected chi connectivity index (χ4v) is 8.39. The van der Waals surface area contributed by atoms with Gasteiger partial charge in [0.25, 0.3) is 6.71 Å². The Balaban J connectivity index is 1.23. The first-order valence-electron chi connectivity index (χ1n) is 23.5. The quantitative estimate of drug-likeness (QED) is 0.186. The molecule has 2 aliphatic rings. The van der Waals surface area contributed by atoms with Gasteiger partial charge in [0.2, 0.25) is 0 Å². The highest BCUT2D eigenvalue weighted by Gasteiger charge is 2.43. The molecule has 4 heterocycles. The van der Waals surface area contributed by atoms with Crippen molar-refractivity contribution in [2.75, 3.05) is 10.2 Å². The molecule has 9 aromatic rings. The SMILES string of the molecule is [2H]c1c(-c2c([2H])c([2H])c([2H])c3c([2H])c([2H])c([2H])c([2H])c23)oc2c1B1c3ccc(-n4c5ccccc5c5ccccc54)cc3N(c3ccc(C(C)(C)C)cc3)c3cc(C([2H])([2H])[2H])cc(c31)N2. The smallest absolute Gasteiger partial charge is 0.256 e. The predicted octanol–water partition coefficient (Wildman–Crippen LogP) is 11.2. The second-order valence-corrected chi connectivity index (χ2v) is 15.1. The summed E-state index contributed by atoms with van der Waals surface area (Å²) in [5.41, 5.74) is 8.00. The summed E-state index contributed by atoms with van der Waals surface area (Å²) in [4.78, 5) is 2.08. The van der Waals surface area contributed by atoms with Gasteiger partial charge in [0, 0.05) is 48.9 Å². The monoisotopic (exact) mass is 706 g/mol. The summed E-state index contributed by atoms with van der Waals surface area (Å²) < 4.78 is 106. The molecule has 11 rings (SSSR count). The number of aromatic nitrogens is 1. The number of hydrogen-bond donors (Lipinski definition) is 1. The van der Waals surface area contributed by atoms with Crippen molar-refractivity contribution in [2.24, 2.45) is 0 Å². The van der Waals surface area contributed by atoms with Crippen LogP contribution >= 0.6 is 0 Å². The van der Waals surface area contributed by atoms with Crippen molar-refractivity contribution < 1.29 is 19.5 Å². The third-order valence-electron chi connectivity index (χ3n) is 10.9. The van der Waals surface area contributed by atoms with E-state index < -0.39 is 55.9 Å². The summed E-state index contributed by atoms with van der Waals surface area (Å²) in [6.45, 7) is 3.16.